The zero-order valence-corrected chi connectivity index (χ0v) is 28.1. The zero-order valence-electron chi connectivity index (χ0n) is 28.1. The molecular formula is C47H31N5. The summed E-state index contributed by atoms with van der Waals surface area (Å²) in [5.41, 5.74) is 9.65. The number of benzene rings is 7. The highest BCUT2D eigenvalue weighted by Crippen LogP contribution is 2.33. The van der Waals surface area contributed by atoms with E-state index in [9.17, 15) is 0 Å². The van der Waals surface area contributed by atoms with E-state index in [0.29, 0.717) is 23.3 Å². The number of hydrogen-bond donors (Lipinski definition) is 0. The van der Waals surface area contributed by atoms with Crippen molar-refractivity contribution in [3.63, 3.8) is 0 Å². The third kappa shape index (κ3) is 6.35. The Kier molecular flexibility index (Phi) is 8.12. The summed E-state index contributed by atoms with van der Waals surface area (Å²) in [4.78, 5) is 24.9. The minimum Gasteiger partial charge on any atom is -0.228 e. The van der Waals surface area contributed by atoms with Crippen LogP contribution in [0.3, 0.4) is 0 Å². The molecule has 0 fully saturated rings. The Labute approximate surface area is 302 Å². The van der Waals surface area contributed by atoms with E-state index in [1.165, 1.54) is 10.8 Å². The van der Waals surface area contributed by atoms with E-state index in [2.05, 4.69) is 109 Å². The van der Waals surface area contributed by atoms with Crippen molar-refractivity contribution in [3.05, 3.63) is 188 Å². The molecule has 0 N–H and O–H groups in total. The van der Waals surface area contributed by atoms with Gasteiger partial charge in [0.2, 0.25) is 0 Å². The van der Waals surface area contributed by atoms with Gasteiger partial charge in [0.05, 0.1) is 11.4 Å². The fraction of sp³-hybridized carbons (Fsp3) is 0. The summed E-state index contributed by atoms with van der Waals surface area (Å²) in [6.07, 6.45) is 0. The molecule has 0 aliphatic carbocycles. The summed E-state index contributed by atoms with van der Waals surface area (Å²) in [5.74, 6) is 2.58. The van der Waals surface area contributed by atoms with Gasteiger partial charge >= 0.3 is 0 Å². The Bertz CT molecular complexity index is 2620. The first-order valence-corrected chi connectivity index (χ1v) is 17.3. The molecule has 0 aliphatic rings. The average molecular weight is 666 g/mol. The van der Waals surface area contributed by atoms with Crippen molar-refractivity contribution in [1.29, 1.82) is 0 Å². The molecule has 0 atom stereocenters. The first-order valence-electron chi connectivity index (χ1n) is 17.3. The lowest BCUT2D eigenvalue weighted by molar-refractivity contribution is 1.07. The second kappa shape index (κ2) is 13.7. The first kappa shape index (κ1) is 30.9. The maximum atomic E-state index is 5.10. The molecule has 2 aromatic heterocycles. The van der Waals surface area contributed by atoms with Crippen molar-refractivity contribution in [3.8, 4) is 79.2 Å². The molecule has 0 saturated carbocycles. The Hall–Kier alpha value is -7.11. The van der Waals surface area contributed by atoms with Gasteiger partial charge in [0, 0.05) is 33.4 Å². The molecule has 0 radical (unpaired) electrons. The predicted octanol–water partition coefficient (Wildman–Crippen LogP) is 11.5. The summed E-state index contributed by atoms with van der Waals surface area (Å²) in [6.45, 7) is 0. The molecular weight excluding hydrogens is 635 g/mol. The van der Waals surface area contributed by atoms with Crippen LogP contribution in [0.1, 0.15) is 0 Å². The highest BCUT2D eigenvalue weighted by atomic mass is 15.0. The standard InChI is InChI=1S/C47H31N5/c1-4-15-33(16-5-1)44-48-42(31-43(49-44)40-27-26-32-14-10-11-21-36(32)28-40)39-24-12-22-37(29-39)38-23-13-25-41(30-38)47-51-45(34-17-6-2-7-18-34)50-46(52-47)35-19-8-3-9-20-35/h1-31H. The third-order valence-electron chi connectivity index (χ3n) is 9.12. The van der Waals surface area contributed by atoms with Gasteiger partial charge in [0.1, 0.15) is 0 Å². The Morgan fingerprint density at radius 2 is 0.596 bits per heavy atom. The topological polar surface area (TPSA) is 64.5 Å². The van der Waals surface area contributed by atoms with E-state index in [1.54, 1.807) is 0 Å². The smallest absolute Gasteiger partial charge is 0.164 e. The Morgan fingerprint density at radius 1 is 0.212 bits per heavy atom. The summed E-state index contributed by atoms with van der Waals surface area (Å²) >= 11 is 0. The third-order valence-corrected chi connectivity index (χ3v) is 9.12. The maximum absolute atomic E-state index is 5.10. The molecule has 5 nitrogen and oxygen atoms in total. The monoisotopic (exact) mass is 665 g/mol. The van der Waals surface area contributed by atoms with E-state index < -0.39 is 0 Å². The van der Waals surface area contributed by atoms with Gasteiger partial charge in [-0.3, -0.25) is 0 Å². The van der Waals surface area contributed by atoms with Crippen LogP contribution in [0.5, 0.6) is 0 Å². The summed E-state index contributed by atoms with van der Waals surface area (Å²) in [7, 11) is 0. The molecule has 244 valence electrons. The lowest BCUT2D eigenvalue weighted by Gasteiger charge is -2.12. The number of nitrogens with zero attached hydrogens (tertiary/aromatic N) is 5. The van der Waals surface area contributed by atoms with Gasteiger partial charge in [-0.05, 0) is 46.2 Å². The van der Waals surface area contributed by atoms with Gasteiger partial charge in [0.15, 0.2) is 23.3 Å². The van der Waals surface area contributed by atoms with Crippen LogP contribution in [-0.2, 0) is 0 Å². The van der Waals surface area contributed by atoms with E-state index >= 15 is 0 Å². The van der Waals surface area contributed by atoms with Crippen molar-refractivity contribution in [2.24, 2.45) is 0 Å². The van der Waals surface area contributed by atoms with Gasteiger partial charge in [-0.25, -0.2) is 24.9 Å². The summed E-state index contributed by atoms with van der Waals surface area (Å²) in [6, 6.07) is 64.1. The molecule has 0 aliphatic heterocycles. The van der Waals surface area contributed by atoms with Crippen LogP contribution in [-0.4, -0.2) is 24.9 Å². The second-order valence-corrected chi connectivity index (χ2v) is 12.6. The van der Waals surface area contributed by atoms with E-state index in [1.807, 2.05) is 78.9 Å². The quantitative estimate of drug-likeness (QED) is 0.169. The number of aromatic nitrogens is 5. The zero-order chi connectivity index (χ0) is 34.7. The van der Waals surface area contributed by atoms with Crippen molar-refractivity contribution in [2.45, 2.75) is 0 Å². The molecule has 9 aromatic rings. The normalized spacial score (nSPS) is 11.1. The van der Waals surface area contributed by atoms with Gasteiger partial charge in [-0.15, -0.1) is 0 Å². The van der Waals surface area contributed by atoms with Crippen LogP contribution in [0.25, 0.3) is 90.0 Å². The van der Waals surface area contributed by atoms with E-state index in [-0.39, 0.29) is 0 Å². The molecule has 5 heteroatoms. The molecule has 2 heterocycles. The van der Waals surface area contributed by atoms with Crippen molar-refractivity contribution >= 4 is 10.8 Å². The fourth-order valence-electron chi connectivity index (χ4n) is 6.44. The molecule has 0 unspecified atom stereocenters. The van der Waals surface area contributed by atoms with Crippen LogP contribution >= 0.6 is 0 Å². The average Bonchev–Trinajstić information content (AvgIpc) is 3.24. The molecule has 0 spiro atoms. The van der Waals surface area contributed by atoms with Gasteiger partial charge in [-0.1, -0.05) is 164 Å². The molecule has 0 saturated heterocycles. The largest absolute Gasteiger partial charge is 0.228 e. The predicted molar refractivity (Wildman–Crippen MR) is 211 cm³/mol. The molecule has 52 heavy (non-hydrogen) atoms. The lowest BCUT2D eigenvalue weighted by Crippen LogP contribution is -2.00. The molecule has 0 amide bonds. The van der Waals surface area contributed by atoms with Crippen LogP contribution in [0.15, 0.2) is 188 Å². The fourth-order valence-corrected chi connectivity index (χ4v) is 6.44. The second-order valence-electron chi connectivity index (χ2n) is 12.6. The first-order chi connectivity index (χ1) is 25.7. The molecule has 9 rings (SSSR count). The molecule has 7 aromatic carbocycles. The highest BCUT2D eigenvalue weighted by Gasteiger charge is 2.15. The Morgan fingerprint density at radius 3 is 1.15 bits per heavy atom. The SMILES string of the molecule is c1ccc(-c2nc(-c3cccc(-c4cccc(-c5nc(-c6ccccc6)nc(-c6ccccc6)n5)c4)c3)cc(-c3ccc4ccccc4c3)n2)cc1. The van der Waals surface area contributed by atoms with Gasteiger partial charge in [-0.2, -0.15) is 0 Å². The van der Waals surface area contributed by atoms with Crippen LogP contribution in [0.2, 0.25) is 0 Å². The van der Waals surface area contributed by atoms with Crippen LogP contribution in [0.4, 0.5) is 0 Å². The highest BCUT2D eigenvalue weighted by molar-refractivity contribution is 5.87. The number of hydrogen-bond acceptors (Lipinski definition) is 5. The van der Waals surface area contributed by atoms with Crippen molar-refractivity contribution < 1.29 is 0 Å². The Balaban J connectivity index is 1.13. The van der Waals surface area contributed by atoms with Crippen LogP contribution in [0, 0.1) is 0 Å². The van der Waals surface area contributed by atoms with E-state index in [0.717, 1.165) is 55.9 Å². The van der Waals surface area contributed by atoms with Crippen molar-refractivity contribution in [1.82, 2.24) is 24.9 Å². The lowest BCUT2D eigenvalue weighted by atomic mass is 9.98. The summed E-state index contributed by atoms with van der Waals surface area (Å²) < 4.78 is 0. The van der Waals surface area contributed by atoms with Crippen molar-refractivity contribution in [2.75, 3.05) is 0 Å². The number of fused-ring (bicyclic) bond motifs is 1. The van der Waals surface area contributed by atoms with Crippen LogP contribution < -0.4 is 0 Å². The van der Waals surface area contributed by atoms with Gasteiger partial charge < -0.3 is 0 Å². The minimum atomic E-state index is 0.619. The minimum absolute atomic E-state index is 0.619. The molecule has 0 bridgehead atoms. The van der Waals surface area contributed by atoms with Gasteiger partial charge in [0.25, 0.3) is 0 Å². The number of rotatable bonds is 7. The van der Waals surface area contributed by atoms with E-state index in [4.69, 9.17) is 24.9 Å². The maximum Gasteiger partial charge on any atom is 0.164 e. The summed E-state index contributed by atoms with van der Waals surface area (Å²) in [5, 5.41) is 2.37.